The van der Waals surface area contributed by atoms with Crippen LogP contribution in [0.1, 0.15) is 349 Å². The van der Waals surface area contributed by atoms with Gasteiger partial charge in [0.15, 0.2) is 6.10 Å². The highest BCUT2D eigenvalue weighted by Crippen LogP contribution is 2.19. The minimum Gasteiger partial charge on any atom is -0.462 e. The van der Waals surface area contributed by atoms with E-state index in [0.29, 0.717) is 19.3 Å². The lowest BCUT2D eigenvalue weighted by Crippen LogP contribution is -2.30. The SMILES string of the molecule is CCCCCCCCCCCCCCCC(=O)O[C@H](COC(=O)CCCCCCCCCCCCCCCCCCCCC(C)C)COC(=O)CCCCCCCCCCCCCCCC(C)C. The van der Waals surface area contributed by atoms with Crippen molar-refractivity contribution in [3.63, 3.8) is 0 Å². The molecule has 0 N–H and O–H groups in total. The molecule has 0 aromatic carbocycles. The molecule has 404 valence electrons. The van der Waals surface area contributed by atoms with Crippen LogP contribution in [0.2, 0.25) is 0 Å². The first-order valence-corrected chi connectivity index (χ1v) is 30.7. The second-order valence-electron chi connectivity index (χ2n) is 22.3. The molecule has 6 heteroatoms. The number of carbonyl (C=O) groups excluding carboxylic acids is 3. The predicted octanol–water partition coefficient (Wildman–Crippen LogP) is 20.4. The van der Waals surface area contributed by atoms with E-state index in [0.717, 1.165) is 69.6 Å². The zero-order chi connectivity index (χ0) is 49.6. The summed E-state index contributed by atoms with van der Waals surface area (Å²) in [6.07, 6.45) is 59.6. The van der Waals surface area contributed by atoms with E-state index in [9.17, 15) is 14.4 Å². The van der Waals surface area contributed by atoms with Gasteiger partial charge in [-0.1, -0.05) is 311 Å². The van der Waals surface area contributed by atoms with Crippen molar-refractivity contribution >= 4 is 17.9 Å². The molecule has 0 bridgehead atoms. The van der Waals surface area contributed by atoms with Crippen LogP contribution in [0.5, 0.6) is 0 Å². The van der Waals surface area contributed by atoms with E-state index < -0.39 is 6.10 Å². The van der Waals surface area contributed by atoms with Crippen LogP contribution in [0.4, 0.5) is 0 Å². The van der Waals surface area contributed by atoms with Crippen molar-refractivity contribution < 1.29 is 28.6 Å². The fourth-order valence-corrected chi connectivity index (χ4v) is 9.58. The van der Waals surface area contributed by atoms with E-state index in [-0.39, 0.29) is 31.1 Å². The lowest BCUT2D eigenvalue weighted by Gasteiger charge is -2.18. The van der Waals surface area contributed by atoms with Crippen molar-refractivity contribution in [3.05, 3.63) is 0 Å². The van der Waals surface area contributed by atoms with Gasteiger partial charge in [0.1, 0.15) is 13.2 Å². The van der Waals surface area contributed by atoms with Crippen molar-refractivity contribution in [2.75, 3.05) is 13.2 Å². The van der Waals surface area contributed by atoms with Gasteiger partial charge < -0.3 is 14.2 Å². The number of rotatable bonds is 56. The van der Waals surface area contributed by atoms with Gasteiger partial charge in [-0.3, -0.25) is 14.4 Å². The minimum absolute atomic E-state index is 0.0621. The van der Waals surface area contributed by atoms with Gasteiger partial charge in [-0.05, 0) is 31.1 Å². The molecule has 0 aromatic heterocycles. The standard InChI is InChI=1S/C62H120O6/c1-6-7-8-9-10-11-12-20-29-34-39-44-49-54-62(65)68-59(56-67-61(64)53-48-43-38-33-28-24-19-22-26-31-36-41-46-51-58(4)5)55-66-60(63)52-47-42-37-32-27-23-18-16-14-13-15-17-21-25-30-35-40-45-50-57(2)3/h57-59H,6-56H2,1-5H3/t59-/m1/s1. The molecule has 0 rings (SSSR count). The summed E-state index contributed by atoms with van der Waals surface area (Å²) in [5.41, 5.74) is 0. The van der Waals surface area contributed by atoms with Gasteiger partial charge in [0.05, 0.1) is 0 Å². The molecule has 0 heterocycles. The fourth-order valence-electron chi connectivity index (χ4n) is 9.58. The Morgan fingerprint density at radius 2 is 0.485 bits per heavy atom. The number of hydrogen-bond donors (Lipinski definition) is 0. The third-order valence-electron chi connectivity index (χ3n) is 14.2. The molecule has 0 spiro atoms. The van der Waals surface area contributed by atoms with Crippen LogP contribution in [-0.2, 0) is 28.6 Å². The first-order chi connectivity index (χ1) is 33.2. The third-order valence-corrected chi connectivity index (χ3v) is 14.2. The molecule has 0 unspecified atom stereocenters. The molecular weight excluding hydrogens is 841 g/mol. The van der Waals surface area contributed by atoms with E-state index in [1.165, 1.54) is 238 Å². The maximum atomic E-state index is 12.9. The minimum atomic E-state index is -0.763. The van der Waals surface area contributed by atoms with E-state index >= 15 is 0 Å². The summed E-state index contributed by atoms with van der Waals surface area (Å²) in [6, 6.07) is 0. The highest BCUT2D eigenvalue weighted by Gasteiger charge is 2.19. The Labute approximate surface area is 425 Å². The van der Waals surface area contributed by atoms with Gasteiger partial charge >= 0.3 is 17.9 Å². The molecule has 0 aliphatic rings. The van der Waals surface area contributed by atoms with E-state index in [1.54, 1.807) is 0 Å². The Kier molecular flexibility index (Phi) is 53.5. The molecule has 6 nitrogen and oxygen atoms in total. The molecule has 0 saturated heterocycles. The van der Waals surface area contributed by atoms with Crippen LogP contribution in [0.25, 0.3) is 0 Å². The highest BCUT2D eigenvalue weighted by atomic mass is 16.6. The van der Waals surface area contributed by atoms with Crippen LogP contribution in [0.15, 0.2) is 0 Å². The monoisotopic (exact) mass is 961 g/mol. The largest absolute Gasteiger partial charge is 0.462 e. The van der Waals surface area contributed by atoms with Crippen molar-refractivity contribution in [3.8, 4) is 0 Å². The average molecular weight is 962 g/mol. The van der Waals surface area contributed by atoms with Crippen molar-refractivity contribution in [2.45, 2.75) is 355 Å². The molecule has 0 saturated carbocycles. The second kappa shape index (κ2) is 54.7. The van der Waals surface area contributed by atoms with Crippen LogP contribution in [-0.4, -0.2) is 37.2 Å². The average Bonchev–Trinajstić information content (AvgIpc) is 3.31. The van der Waals surface area contributed by atoms with Crippen LogP contribution in [0, 0.1) is 11.8 Å². The molecule has 0 radical (unpaired) electrons. The fraction of sp³-hybridized carbons (Fsp3) is 0.952. The molecule has 1 atom stereocenters. The van der Waals surface area contributed by atoms with Crippen LogP contribution in [0.3, 0.4) is 0 Å². The zero-order valence-corrected chi connectivity index (χ0v) is 46.7. The molecule has 0 fully saturated rings. The summed E-state index contributed by atoms with van der Waals surface area (Å²) in [7, 11) is 0. The summed E-state index contributed by atoms with van der Waals surface area (Å²) in [5.74, 6) is 0.864. The molecule has 0 aliphatic heterocycles. The lowest BCUT2D eigenvalue weighted by atomic mass is 10.0. The zero-order valence-electron chi connectivity index (χ0n) is 46.7. The molecule has 0 aromatic rings. The summed E-state index contributed by atoms with van der Waals surface area (Å²) >= 11 is 0. The highest BCUT2D eigenvalue weighted by molar-refractivity contribution is 5.71. The van der Waals surface area contributed by atoms with Crippen molar-refractivity contribution in [1.82, 2.24) is 0 Å². The summed E-state index contributed by atoms with van der Waals surface area (Å²) in [5, 5.41) is 0. The Morgan fingerprint density at radius 1 is 0.279 bits per heavy atom. The van der Waals surface area contributed by atoms with E-state index in [2.05, 4.69) is 34.6 Å². The van der Waals surface area contributed by atoms with Crippen molar-refractivity contribution in [1.29, 1.82) is 0 Å². The Morgan fingerprint density at radius 3 is 0.721 bits per heavy atom. The van der Waals surface area contributed by atoms with Gasteiger partial charge in [0.2, 0.25) is 0 Å². The molecular formula is C62H120O6. The molecule has 0 aliphatic carbocycles. The van der Waals surface area contributed by atoms with Crippen LogP contribution < -0.4 is 0 Å². The van der Waals surface area contributed by atoms with E-state index in [1.807, 2.05) is 0 Å². The predicted molar refractivity (Wildman–Crippen MR) is 293 cm³/mol. The van der Waals surface area contributed by atoms with Gasteiger partial charge in [0.25, 0.3) is 0 Å². The van der Waals surface area contributed by atoms with Gasteiger partial charge in [-0.2, -0.15) is 0 Å². The van der Waals surface area contributed by atoms with Crippen molar-refractivity contribution in [2.24, 2.45) is 11.8 Å². The number of hydrogen-bond acceptors (Lipinski definition) is 6. The maximum absolute atomic E-state index is 12.9. The summed E-state index contributed by atoms with van der Waals surface area (Å²) in [4.78, 5) is 38.2. The lowest BCUT2D eigenvalue weighted by molar-refractivity contribution is -0.167. The molecule has 0 amide bonds. The number of ether oxygens (including phenoxy) is 3. The van der Waals surface area contributed by atoms with Crippen LogP contribution >= 0.6 is 0 Å². The third kappa shape index (κ3) is 55.3. The van der Waals surface area contributed by atoms with Gasteiger partial charge in [-0.15, -0.1) is 0 Å². The summed E-state index contributed by atoms with van der Waals surface area (Å²) in [6.45, 7) is 11.4. The number of esters is 3. The Bertz CT molecular complexity index is 1040. The topological polar surface area (TPSA) is 78.9 Å². The van der Waals surface area contributed by atoms with E-state index in [4.69, 9.17) is 14.2 Å². The smallest absolute Gasteiger partial charge is 0.306 e. The Hall–Kier alpha value is -1.59. The number of unbranched alkanes of at least 4 members (excludes halogenated alkanes) is 41. The first-order valence-electron chi connectivity index (χ1n) is 30.7. The Balaban J connectivity index is 4.24. The molecule has 68 heavy (non-hydrogen) atoms. The van der Waals surface area contributed by atoms with Gasteiger partial charge in [0, 0.05) is 19.3 Å². The second-order valence-corrected chi connectivity index (χ2v) is 22.3. The maximum Gasteiger partial charge on any atom is 0.306 e. The number of carbonyl (C=O) groups is 3. The van der Waals surface area contributed by atoms with Gasteiger partial charge in [-0.25, -0.2) is 0 Å². The first kappa shape index (κ1) is 66.4. The normalized spacial score (nSPS) is 12.0. The summed E-state index contributed by atoms with van der Waals surface area (Å²) < 4.78 is 16.9. The quantitative estimate of drug-likeness (QED) is 0.0343.